The van der Waals surface area contributed by atoms with Crippen molar-refractivity contribution in [3.05, 3.63) is 64.7 Å². The van der Waals surface area contributed by atoms with E-state index in [9.17, 15) is 24.6 Å². The normalized spacial score (nSPS) is 12.7. The van der Waals surface area contributed by atoms with Gasteiger partial charge in [0.05, 0.1) is 28.9 Å². The van der Waals surface area contributed by atoms with Gasteiger partial charge in [0.2, 0.25) is 11.7 Å². The molecular formula is C24H22N2O5. The number of phenolic OH excluding ortho intramolecular Hbond substituents is 2. The van der Waals surface area contributed by atoms with Gasteiger partial charge in [-0.25, -0.2) is 0 Å². The largest absolute Gasteiger partial charge is 0.506 e. The SMILES string of the molecule is CCN(CC)CC(=O)Nc1cccc2c1C(=O)c1c(c(O)c3ccccc3c1O)C2=O. The van der Waals surface area contributed by atoms with Crippen molar-refractivity contribution in [1.82, 2.24) is 4.90 Å². The summed E-state index contributed by atoms with van der Waals surface area (Å²) in [5.41, 5.74) is -0.189. The Hall–Kier alpha value is -3.71. The van der Waals surface area contributed by atoms with E-state index < -0.39 is 11.6 Å². The molecule has 158 valence electrons. The molecule has 0 radical (unpaired) electrons. The van der Waals surface area contributed by atoms with Gasteiger partial charge in [-0.1, -0.05) is 50.2 Å². The molecular weight excluding hydrogens is 396 g/mol. The van der Waals surface area contributed by atoms with Crippen molar-refractivity contribution in [2.75, 3.05) is 25.0 Å². The summed E-state index contributed by atoms with van der Waals surface area (Å²) in [4.78, 5) is 41.1. The number of nitrogens with one attached hydrogen (secondary N) is 1. The Morgan fingerprint density at radius 3 is 2.00 bits per heavy atom. The van der Waals surface area contributed by atoms with E-state index >= 15 is 0 Å². The van der Waals surface area contributed by atoms with Crippen LogP contribution >= 0.6 is 0 Å². The number of likely N-dealkylation sites (N-methyl/N-ethyl adjacent to an activating group) is 1. The van der Waals surface area contributed by atoms with Crippen molar-refractivity contribution in [3.8, 4) is 11.5 Å². The van der Waals surface area contributed by atoms with Crippen LogP contribution in [0.2, 0.25) is 0 Å². The molecule has 3 aromatic rings. The van der Waals surface area contributed by atoms with Crippen molar-refractivity contribution in [2.45, 2.75) is 13.8 Å². The number of benzene rings is 3. The molecule has 0 fully saturated rings. The molecule has 0 spiro atoms. The molecule has 0 bridgehead atoms. The van der Waals surface area contributed by atoms with Crippen LogP contribution in [0.4, 0.5) is 5.69 Å². The first-order valence-electron chi connectivity index (χ1n) is 10.1. The van der Waals surface area contributed by atoms with Crippen LogP contribution in [0.25, 0.3) is 10.8 Å². The summed E-state index contributed by atoms with van der Waals surface area (Å²) in [6, 6.07) is 11.1. The monoisotopic (exact) mass is 418 g/mol. The van der Waals surface area contributed by atoms with Crippen molar-refractivity contribution in [2.24, 2.45) is 0 Å². The number of hydrogen-bond acceptors (Lipinski definition) is 6. The van der Waals surface area contributed by atoms with Crippen molar-refractivity contribution in [1.29, 1.82) is 0 Å². The zero-order valence-electron chi connectivity index (χ0n) is 17.2. The third-order valence-corrected chi connectivity index (χ3v) is 5.69. The van der Waals surface area contributed by atoms with Gasteiger partial charge in [-0.15, -0.1) is 0 Å². The number of carbonyl (C=O) groups is 3. The van der Waals surface area contributed by atoms with Gasteiger partial charge in [-0.3, -0.25) is 19.3 Å². The van der Waals surface area contributed by atoms with E-state index in [4.69, 9.17) is 0 Å². The molecule has 1 amide bonds. The van der Waals surface area contributed by atoms with Crippen molar-refractivity contribution >= 4 is 33.9 Å². The first-order valence-corrected chi connectivity index (χ1v) is 10.1. The highest BCUT2D eigenvalue weighted by molar-refractivity contribution is 6.34. The standard InChI is InChI=1S/C24H22N2O5/c1-3-26(4-2)12-17(27)25-16-11-7-10-15-18(16)24(31)20-19(23(15)30)21(28)13-8-5-6-9-14(13)22(20)29/h5-11,28-29H,3-4,12H2,1-2H3,(H,25,27). The minimum atomic E-state index is -0.623. The fraction of sp³-hybridized carbons (Fsp3) is 0.208. The predicted molar refractivity (Wildman–Crippen MR) is 117 cm³/mol. The molecule has 31 heavy (non-hydrogen) atoms. The maximum Gasteiger partial charge on any atom is 0.238 e. The quantitative estimate of drug-likeness (QED) is 0.429. The van der Waals surface area contributed by atoms with Gasteiger partial charge in [0.1, 0.15) is 11.5 Å². The number of nitrogens with zero attached hydrogens (tertiary/aromatic N) is 1. The molecule has 0 aromatic heterocycles. The Bertz CT molecular complexity index is 1240. The fourth-order valence-electron chi connectivity index (χ4n) is 4.03. The van der Waals surface area contributed by atoms with E-state index in [0.717, 1.165) is 0 Å². The molecule has 0 aliphatic heterocycles. The van der Waals surface area contributed by atoms with Crippen LogP contribution in [-0.4, -0.2) is 52.2 Å². The summed E-state index contributed by atoms with van der Waals surface area (Å²) < 4.78 is 0. The summed E-state index contributed by atoms with van der Waals surface area (Å²) >= 11 is 0. The lowest BCUT2D eigenvalue weighted by atomic mass is 9.80. The number of phenols is 2. The molecule has 0 heterocycles. The van der Waals surface area contributed by atoms with E-state index in [2.05, 4.69) is 5.32 Å². The molecule has 7 nitrogen and oxygen atoms in total. The third-order valence-electron chi connectivity index (χ3n) is 5.69. The third kappa shape index (κ3) is 3.23. The van der Waals surface area contributed by atoms with Crippen molar-refractivity contribution < 1.29 is 24.6 Å². The molecule has 0 saturated heterocycles. The fourth-order valence-corrected chi connectivity index (χ4v) is 4.03. The second kappa shape index (κ2) is 7.85. The number of anilines is 1. The number of hydrogen-bond donors (Lipinski definition) is 3. The van der Waals surface area contributed by atoms with Gasteiger partial charge in [-0.05, 0) is 19.2 Å². The Labute approximate surface area is 178 Å². The Morgan fingerprint density at radius 1 is 0.839 bits per heavy atom. The maximum absolute atomic E-state index is 13.4. The number of ketones is 2. The predicted octanol–water partition coefficient (Wildman–Crippen LogP) is 3.31. The molecule has 3 aromatic carbocycles. The second-order valence-corrected chi connectivity index (χ2v) is 7.39. The van der Waals surface area contributed by atoms with Gasteiger partial charge in [0.25, 0.3) is 0 Å². The Balaban J connectivity index is 1.84. The average molecular weight is 418 g/mol. The van der Waals surface area contributed by atoms with Crippen LogP contribution < -0.4 is 5.32 Å². The number of fused-ring (bicyclic) bond motifs is 3. The zero-order valence-corrected chi connectivity index (χ0v) is 17.2. The van der Waals surface area contributed by atoms with Crippen LogP contribution in [0.15, 0.2) is 42.5 Å². The first-order chi connectivity index (χ1) is 14.9. The lowest BCUT2D eigenvalue weighted by Gasteiger charge is -2.23. The highest BCUT2D eigenvalue weighted by Crippen LogP contribution is 2.45. The lowest BCUT2D eigenvalue weighted by molar-refractivity contribution is -0.117. The summed E-state index contributed by atoms with van der Waals surface area (Å²) in [6.45, 7) is 5.43. The highest BCUT2D eigenvalue weighted by atomic mass is 16.3. The number of carbonyl (C=O) groups excluding carboxylic acids is 3. The van der Waals surface area contributed by atoms with Crippen LogP contribution in [0.1, 0.15) is 45.7 Å². The van der Waals surface area contributed by atoms with E-state index in [1.165, 1.54) is 6.07 Å². The van der Waals surface area contributed by atoms with Crippen LogP contribution in [0.3, 0.4) is 0 Å². The average Bonchev–Trinajstić information content (AvgIpc) is 2.78. The molecule has 0 saturated carbocycles. The van der Waals surface area contributed by atoms with Gasteiger partial charge in [0, 0.05) is 16.3 Å². The number of amides is 1. The first kappa shape index (κ1) is 20.6. The molecule has 7 heteroatoms. The Morgan fingerprint density at radius 2 is 1.42 bits per heavy atom. The van der Waals surface area contributed by atoms with Crippen molar-refractivity contribution in [3.63, 3.8) is 0 Å². The van der Waals surface area contributed by atoms with Gasteiger partial charge in [0.15, 0.2) is 5.78 Å². The minimum absolute atomic E-state index is 0.0119. The van der Waals surface area contributed by atoms with E-state index in [1.54, 1.807) is 36.4 Å². The van der Waals surface area contributed by atoms with Crippen LogP contribution in [0.5, 0.6) is 11.5 Å². The number of rotatable bonds is 5. The highest BCUT2D eigenvalue weighted by Gasteiger charge is 2.37. The topological polar surface area (TPSA) is 107 Å². The minimum Gasteiger partial charge on any atom is -0.506 e. The lowest BCUT2D eigenvalue weighted by Crippen LogP contribution is -2.33. The molecule has 4 rings (SSSR count). The molecule has 3 N–H and O–H groups in total. The van der Waals surface area contributed by atoms with E-state index in [-0.39, 0.29) is 62.7 Å². The van der Waals surface area contributed by atoms with E-state index in [1.807, 2.05) is 18.7 Å². The maximum atomic E-state index is 13.4. The summed E-state index contributed by atoms with van der Waals surface area (Å²) in [7, 11) is 0. The smallest absolute Gasteiger partial charge is 0.238 e. The molecule has 0 unspecified atom stereocenters. The van der Waals surface area contributed by atoms with Crippen LogP contribution in [0, 0.1) is 0 Å². The van der Waals surface area contributed by atoms with Gasteiger partial charge >= 0.3 is 0 Å². The molecule has 1 aliphatic carbocycles. The number of aromatic hydroxyl groups is 2. The summed E-state index contributed by atoms with van der Waals surface area (Å²) in [5, 5.41) is 24.8. The van der Waals surface area contributed by atoms with E-state index in [0.29, 0.717) is 13.1 Å². The Kier molecular flexibility index (Phi) is 5.20. The second-order valence-electron chi connectivity index (χ2n) is 7.39. The molecule has 0 atom stereocenters. The summed E-state index contributed by atoms with van der Waals surface area (Å²) in [5.74, 6) is -2.22. The zero-order chi connectivity index (χ0) is 22.3. The van der Waals surface area contributed by atoms with Gasteiger partial charge in [-0.2, -0.15) is 0 Å². The summed E-state index contributed by atoms with van der Waals surface area (Å²) in [6.07, 6.45) is 0. The molecule has 1 aliphatic rings. The van der Waals surface area contributed by atoms with Crippen LogP contribution in [-0.2, 0) is 4.79 Å². The van der Waals surface area contributed by atoms with Gasteiger partial charge < -0.3 is 15.5 Å².